The Balaban J connectivity index is 1.47. The highest BCUT2D eigenvalue weighted by Crippen LogP contribution is 2.18. The molecule has 1 heterocycles. The quantitative estimate of drug-likeness (QED) is 0.591. The van der Waals surface area contributed by atoms with Crippen molar-refractivity contribution in [1.82, 2.24) is 10.6 Å². The molecule has 2 nitrogen and oxygen atoms in total. The van der Waals surface area contributed by atoms with E-state index in [1.807, 2.05) is 11.3 Å². The Hall–Kier alpha value is 0.350. The van der Waals surface area contributed by atoms with Crippen molar-refractivity contribution in [3.8, 4) is 0 Å². The molecule has 1 saturated carbocycles. The van der Waals surface area contributed by atoms with E-state index in [0.717, 1.165) is 19.1 Å². The summed E-state index contributed by atoms with van der Waals surface area (Å²) in [6.07, 6.45) is 4.01. The normalized spacial score (nSPS) is 15.8. The monoisotopic (exact) mass is 336 g/mol. The van der Waals surface area contributed by atoms with Gasteiger partial charge in [-0.05, 0) is 72.0 Å². The zero-order valence-electron chi connectivity index (χ0n) is 8.76. The molecule has 15 heavy (non-hydrogen) atoms. The molecular weight excluding hydrogens is 319 g/mol. The molecule has 2 rings (SSSR count). The van der Waals surface area contributed by atoms with Crippen molar-refractivity contribution in [2.45, 2.75) is 31.8 Å². The van der Waals surface area contributed by atoms with Gasteiger partial charge in [-0.15, -0.1) is 11.3 Å². The summed E-state index contributed by atoms with van der Waals surface area (Å²) in [5, 5.41) is 9.23. The van der Waals surface area contributed by atoms with Gasteiger partial charge in [0.15, 0.2) is 0 Å². The average Bonchev–Trinajstić information content (AvgIpc) is 2.95. The predicted octanol–water partition coefficient (Wildman–Crippen LogP) is 2.58. The van der Waals surface area contributed by atoms with Crippen molar-refractivity contribution in [1.29, 1.82) is 0 Å². The molecule has 0 spiro atoms. The Bertz CT molecular complexity index is 297. The highest BCUT2D eigenvalue weighted by molar-refractivity contribution is 14.1. The van der Waals surface area contributed by atoms with Crippen LogP contribution in [0, 0.1) is 2.88 Å². The van der Waals surface area contributed by atoms with Gasteiger partial charge < -0.3 is 10.6 Å². The minimum Gasteiger partial charge on any atom is -0.314 e. The molecule has 0 aromatic carbocycles. The summed E-state index contributed by atoms with van der Waals surface area (Å²) >= 11 is 4.19. The zero-order valence-corrected chi connectivity index (χ0v) is 11.7. The molecule has 0 saturated heterocycles. The molecule has 4 heteroatoms. The second kappa shape index (κ2) is 6.18. The van der Waals surface area contributed by atoms with Gasteiger partial charge in [-0.3, -0.25) is 0 Å². The SMILES string of the molecule is Ic1cc(CNCCCNC2CC2)cs1. The van der Waals surface area contributed by atoms with Crippen LogP contribution in [-0.2, 0) is 6.54 Å². The van der Waals surface area contributed by atoms with Gasteiger partial charge >= 0.3 is 0 Å². The molecular formula is C11H17IN2S. The van der Waals surface area contributed by atoms with Gasteiger partial charge in [-0.1, -0.05) is 0 Å². The van der Waals surface area contributed by atoms with Gasteiger partial charge in [0, 0.05) is 12.6 Å². The van der Waals surface area contributed by atoms with Gasteiger partial charge in [0.2, 0.25) is 0 Å². The van der Waals surface area contributed by atoms with E-state index in [2.05, 4.69) is 44.7 Å². The molecule has 0 unspecified atom stereocenters. The van der Waals surface area contributed by atoms with Crippen LogP contribution in [0.5, 0.6) is 0 Å². The van der Waals surface area contributed by atoms with Crippen LogP contribution in [0.15, 0.2) is 11.4 Å². The number of halogens is 1. The van der Waals surface area contributed by atoms with Gasteiger partial charge in [-0.2, -0.15) is 0 Å². The van der Waals surface area contributed by atoms with Crippen molar-refractivity contribution >= 4 is 33.9 Å². The van der Waals surface area contributed by atoms with E-state index >= 15 is 0 Å². The lowest BCUT2D eigenvalue weighted by molar-refractivity contribution is 0.593. The highest BCUT2D eigenvalue weighted by Gasteiger charge is 2.19. The molecule has 0 radical (unpaired) electrons. The fraction of sp³-hybridized carbons (Fsp3) is 0.636. The number of rotatable bonds is 7. The van der Waals surface area contributed by atoms with Crippen LogP contribution in [0.25, 0.3) is 0 Å². The summed E-state index contributed by atoms with van der Waals surface area (Å²) in [5.41, 5.74) is 1.42. The van der Waals surface area contributed by atoms with Gasteiger partial charge in [0.25, 0.3) is 0 Å². The van der Waals surface area contributed by atoms with E-state index in [1.165, 1.54) is 34.3 Å². The summed E-state index contributed by atoms with van der Waals surface area (Å²) in [4.78, 5) is 0. The van der Waals surface area contributed by atoms with Crippen LogP contribution >= 0.6 is 33.9 Å². The topological polar surface area (TPSA) is 24.1 Å². The van der Waals surface area contributed by atoms with E-state index in [-0.39, 0.29) is 0 Å². The molecule has 1 aromatic rings. The van der Waals surface area contributed by atoms with Crippen molar-refractivity contribution in [2.24, 2.45) is 0 Å². The summed E-state index contributed by atoms with van der Waals surface area (Å²) in [6, 6.07) is 3.10. The molecule has 84 valence electrons. The minimum absolute atomic E-state index is 0.850. The Morgan fingerprint density at radius 3 is 2.93 bits per heavy atom. The molecule has 0 atom stereocenters. The van der Waals surface area contributed by atoms with E-state index in [4.69, 9.17) is 0 Å². The van der Waals surface area contributed by atoms with Crippen molar-refractivity contribution in [3.63, 3.8) is 0 Å². The first-order valence-electron chi connectivity index (χ1n) is 5.51. The maximum absolute atomic E-state index is 3.52. The first kappa shape index (κ1) is 11.8. The van der Waals surface area contributed by atoms with Crippen molar-refractivity contribution in [2.75, 3.05) is 13.1 Å². The third-order valence-corrected chi connectivity index (χ3v) is 4.33. The van der Waals surface area contributed by atoms with E-state index < -0.39 is 0 Å². The Morgan fingerprint density at radius 1 is 1.40 bits per heavy atom. The first-order chi connectivity index (χ1) is 7.34. The second-order valence-electron chi connectivity index (χ2n) is 4.02. The van der Waals surface area contributed by atoms with Crippen LogP contribution in [0.1, 0.15) is 24.8 Å². The van der Waals surface area contributed by atoms with Gasteiger partial charge in [0.1, 0.15) is 0 Å². The summed E-state index contributed by atoms with van der Waals surface area (Å²) in [6.45, 7) is 3.30. The summed E-state index contributed by atoms with van der Waals surface area (Å²) in [5.74, 6) is 0. The molecule has 0 amide bonds. The third kappa shape index (κ3) is 4.80. The van der Waals surface area contributed by atoms with Crippen LogP contribution in [0.2, 0.25) is 0 Å². The van der Waals surface area contributed by atoms with E-state index in [9.17, 15) is 0 Å². The lowest BCUT2D eigenvalue weighted by atomic mass is 10.3. The maximum atomic E-state index is 3.52. The predicted molar refractivity (Wildman–Crippen MR) is 74.4 cm³/mol. The van der Waals surface area contributed by atoms with Crippen molar-refractivity contribution < 1.29 is 0 Å². The van der Waals surface area contributed by atoms with Crippen LogP contribution in [-0.4, -0.2) is 19.1 Å². The summed E-state index contributed by atoms with van der Waals surface area (Å²) in [7, 11) is 0. The fourth-order valence-electron chi connectivity index (χ4n) is 1.48. The third-order valence-electron chi connectivity index (χ3n) is 2.49. The lowest BCUT2D eigenvalue weighted by Crippen LogP contribution is -2.22. The lowest BCUT2D eigenvalue weighted by Gasteiger charge is -2.04. The molecule has 1 fully saturated rings. The van der Waals surface area contributed by atoms with Gasteiger partial charge in [-0.25, -0.2) is 0 Å². The Morgan fingerprint density at radius 2 is 2.27 bits per heavy atom. The molecule has 2 N–H and O–H groups in total. The molecule has 1 aromatic heterocycles. The highest BCUT2D eigenvalue weighted by atomic mass is 127. The van der Waals surface area contributed by atoms with Crippen LogP contribution in [0.3, 0.4) is 0 Å². The zero-order chi connectivity index (χ0) is 10.5. The average molecular weight is 336 g/mol. The molecule has 1 aliphatic carbocycles. The number of hydrogen-bond acceptors (Lipinski definition) is 3. The summed E-state index contributed by atoms with van der Waals surface area (Å²) < 4.78 is 1.37. The first-order valence-corrected chi connectivity index (χ1v) is 7.47. The standard InChI is InChI=1S/C11H17IN2S/c12-11-6-9(8-15-11)7-13-4-1-5-14-10-2-3-10/h6,8,10,13-14H,1-5,7H2. The van der Waals surface area contributed by atoms with E-state index in [0.29, 0.717) is 0 Å². The molecule has 1 aliphatic rings. The largest absolute Gasteiger partial charge is 0.314 e. The molecule has 0 aliphatic heterocycles. The molecule has 0 bridgehead atoms. The Kier molecular flexibility index (Phi) is 4.87. The number of hydrogen-bond donors (Lipinski definition) is 2. The van der Waals surface area contributed by atoms with Gasteiger partial charge in [0.05, 0.1) is 2.88 Å². The van der Waals surface area contributed by atoms with Crippen LogP contribution in [0.4, 0.5) is 0 Å². The van der Waals surface area contributed by atoms with Crippen molar-refractivity contribution in [3.05, 3.63) is 19.9 Å². The minimum atomic E-state index is 0.850. The second-order valence-corrected chi connectivity index (χ2v) is 6.82. The Labute approximate surface area is 109 Å². The van der Waals surface area contributed by atoms with Crippen LogP contribution < -0.4 is 10.6 Å². The number of nitrogens with one attached hydrogen (secondary N) is 2. The number of thiophene rings is 1. The smallest absolute Gasteiger partial charge is 0.0656 e. The maximum Gasteiger partial charge on any atom is 0.0656 e. The fourth-order valence-corrected chi connectivity index (χ4v) is 2.89. The van der Waals surface area contributed by atoms with E-state index in [1.54, 1.807) is 0 Å².